The molecule has 1 aromatic rings. The molecule has 1 aliphatic carbocycles. The lowest BCUT2D eigenvalue weighted by molar-refractivity contribution is 0.468. The van der Waals surface area contributed by atoms with Crippen LogP contribution < -0.4 is 10.6 Å². The smallest absolute Gasteiger partial charge is 0.167 e. The maximum absolute atomic E-state index is 5.41. The van der Waals surface area contributed by atoms with Gasteiger partial charge in [-0.2, -0.15) is 0 Å². The third-order valence-corrected chi connectivity index (χ3v) is 3.98. The monoisotopic (exact) mass is 290 g/mol. The molecule has 2 nitrogen and oxygen atoms in total. The fourth-order valence-electron chi connectivity index (χ4n) is 2.41. The molecule has 1 aliphatic rings. The summed E-state index contributed by atoms with van der Waals surface area (Å²) in [7, 11) is 0. The van der Waals surface area contributed by atoms with Gasteiger partial charge < -0.3 is 10.6 Å². The highest BCUT2D eigenvalue weighted by atomic mass is 32.1. The van der Waals surface area contributed by atoms with Gasteiger partial charge in [-0.3, -0.25) is 0 Å². The third kappa shape index (κ3) is 4.48. The molecule has 0 radical (unpaired) electrons. The van der Waals surface area contributed by atoms with Crippen molar-refractivity contribution in [2.24, 2.45) is 5.92 Å². The molecule has 1 atom stereocenters. The van der Waals surface area contributed by atoms with Crippen LogP contribution in [0.4, 0.5) is 0 Å². The summed E-state index contributed by atoms with van der Waals surface area (Å²) in [4.78, 5) is 0. The number of thiocarbonyl (C=S) groups is 1. The summed E-state index contributed by atoms with van der Waals surface area (Å²) in [5.41, 5.74) is 2.73. The Labute approximate surface area is 128 Å². The summed E-state index contributed by atoms with van der Waals surface area (Å²) < 4.78 is 0. The molecule has 2 rings (SSSR count). The average molecular weight is 290 g/mol. The van der Waals surface area contributed by atoms with Crippen LogP contribution in [-0.4, -0.2) is 11.2 Å². The van der Waals surface area contributed by atoms with Gasteiger partial charge in [0, 0.05) is 6.04 Å². The average Bonchev–Trinajstić information content (AvgIpc) is 3.21. The van der Waals surface area contributed by atoms with Gasteiger partial charge in [0.05, 0.1) is 6.04 Å². The summed E-state index contributed by atoms with van der Waals surface area (Å²) in [6, 6.07) is 9.85. The molecule has 0 bridgehead atoms. The van der Waals surface area contributed by atoms with Crippen LogP contribution in [0.2, 0.25) is 0 Å². The molecule has 1 fully saturated rings. The van der Waals surface area contributed by atoms with Crippen LogP contribution in [-0.2, 0) is 6.42 Å². The lowest BCUT2D eigenvalue weighted by Crippen LogP contribution is -2.40. The van der Waals surface area contributed by atoms with E-state index in [2.05, 4.69) is 55.7 Å². The number of nitrogens with one attached hydrogen (secondary N) is 2. The SMILES string of the molecule is CCCc1ccc([C@H](NC(=S)NC2CC2)C(C)C)cc1. The Balaban J connectivity index is 2.00. The molecule has 110 valence electrons. The topological polar surface area (TPSA) is 24.1 Å². The Hall–Kier alpha value is -1.09. The van der Waals surface area contributed by atoms with E-state index in [1.54, 1.807) is 0 Å². The van der Waals surface area contributed by atoms with E-state index in [9.17, 15) is 0 Å². The quantitative estimate of drug-likeness (QED) is 0.775. The lowest BCUT2D eigenvalue weighted by Gasteiger charge is -2.25. The van der Waals surface area contributed by atoms with Gasteiger partial charge in [-0.1, -0.05) is 51.5 Å². The van der Waals surface area contributed by atoms with Crippen molar-refractivity contribution >= 4 is 17.3 Å². The number of benzene rings is 1. The summed E-state index contributed by atoms with van der Waals surface area (Å²) >= 11 is 5.41. The predicted octanol–water partition coefficient (Wildman–Crippen LogP) is 3.96. The second kappa shape index (κ2) is 7.07. The Kier molecular flexibility index (Phi) is 5.41. The third-order valence-electron chi connectivity index (χ3n) is 3.74. The number of aryl methyl sites for hydroxylation is 1. The molecule has 0 heterocycles. The Morgan fingerprint density at radius 3 is 2.40 bits per heavy atom. The van der Waals surface area contributed by atoms with E-state index >= 15 is 0 Å². The van der Waals surface area contributed by atoms with Crippen molar-refractivity contribution in [3.63, 3.8) is 0 Å². The Bertz CT molecular complexity index is 435. The van der Waals surface area contributed by atoms with Crippen LogP contribution in [0, 0.1) is 5.92 Å². The van der Waals surface area contributed by atoms with Crippen LogP contribution in [0.25, 0.3) is 0 Å². The lowest BCUT2D eigenvalue weighted by atomic mass is 9.95. The van der Waals surface area contributed by atoms with Crippen LogP contribution in [0.3, 0.4) is 0 Å². The van der Waals surface area contributed by atoms with E-state index in [4.69, 9.17) is 12.2 Å². The van der Waals surface area contributed by atoms with Gasteiger partial charge in [-0.15, -0.1) is 0 Å². The minimum atomic E-state index is 0.282. The molecule has 0 amide bonds. The first-order valence-corrected chi connectivity index (χ1v) is 8.16. The van der Waals surface area contributed by atoms with Gasteiger partial charge in [0.15, 0.2) is 5.11 Å². The number of rotatable bonds is 6. The second-order valence-electron chi connectivity index (χ2n) is 6.11. The molecule has 2 N–H and O–H groups in total. The molecular weight excluding hydrogens is 264 g/mol. The Morgan fingerprint density at radius 1 is 1.25 bits per heavy atom. The molecule has 0 aliphatic heterocycles. The van der Waals surface area contributed by atoms with Crippen LogP contribution in [0.1, 0.15) is 57.2 Å². The molecule has 1 aromatic carbocycles. The second-order valence-corrected chi connectivity index (χ2v) is 6.51. The number of hydrogen-bond donors (Lipinski definition) is 2. The zero-order valence-electron chi connectivity index (χ0n) is 12.8. The van der Waals surface area contributed by atoms with Gasteiger partial charge in [-0.25, -0.2) is 0 Å². The standard InChI is InChI=1S/C17H26N2S/c1-4-5-13-6-8-14(9-7-13)16(12(2)3)19-17(20)18-15-10-11-15/h6-9,12,15-16H,4-5,10-11H2,1-3H3,(H2,18,19,20)/t16-/m1/s1. The molecule has 0 saturated heterocycles. The van der Waals surface area contributed by atoms with Crippen molar-refractivity contribution in [1.82, 2.24) is 10.6 Å². The first-order chi connectivity index (χ1) is 9.60. The van der Waals surface area contributed by atoms with E-state index in [1.165, 1.54) is 30.4 Å². The van der Waals surface area contributed by atoms with E-state index in [-0.39, 0.29) is 6.04 Å². The molecule has 20 heavy (non-hydrogen) atoms. The zero-order chi connectivity index (χ0) is 14.5. The highest BCUT2D eigenvalue weighted by molar-refractivity contribution is 7.80. The van der Waals surface area contributed by atoms with Crippen molar-refractivity contribution < 1.29 is 0 Å². The highest BCUT2D eigenvalue weighted by Gasteiger charge is 2.23. The van der Waals surface area contributed by atoms with Gasteiger partial charge in [0.1, 0.15) is 0 Å². The van der Waals surface area contributed by atoms with Crippen molar-refractivity contribution in [1.29, 1.82) is 0 Å². The van der Waals surface area contributed by atoms with E-state index in [1.807, 2.05) is 0 Å². The molecule has 3 heteroatoms. The van der Waals surface area contributed by atoms with E-state index < -0.39 is 0 Å². The van der Waals surface area contributed by atoms with Gasteiger partial charge >= 0.3 is 0 Å². The largest absolute Gasteiger partial charge is 0.360 e. The summed E-state index contributed by atoms with van der Waals surface area (Å²) in [5, 5.41) is 7.63. The minimum absolute atomic E-state index is 0.282. The zero-order valence-corrected chi connectivity index (χ0v) is 13.6. The van der Waals surface area contributed by atoms with Gasteiger partial charge in [0.2, 0.25) is 0 Å². The van der Waals surface area contributed by atoms with Crippen molar-refractivity contribution in [3.8, 4) is 0 Å². The van der Waals surface area contributed by atoms with E-state index in [0.717, 1.165) is 11.5 Å². The Morgan fingerprint density at radius 2 is 1.90 bits per heavy atom. The summed E-state index contributed by atoms with van der Waals surface area (Å²) in [6.07, 6.45) is 4.85. The molecule has 0 spiro atoms. The summed E-state index contributed by atoms with van der Waals surface area (Å²) in [5.74, 6) is 0.506. The van der Waals surface area contributed by atoms with Gasteiger partial charge in [-0.05, 0) is 48.5 Å². The fraction of sp³-hybridized carbons (Fsp3) is 0.588. The van der Waals surface area contributed by atoms with Crippen LogP contribution >= 0.6 is 12.2 Å². The fourth-order valence-corrected chi connectivity index (χ4v) is 2.70. The molecular formula is C17H26N2S. The van der Waals surface area contributed by atoms with Crippen LogP contribution in [0.5, 0.6) is 0 Å². The number of hydrogen-bond acceptors (Lipinski definition) is 1. The van der Waals surface area contributed by atoms with Crippen LogP contribution in [0.15, 0.2) is 24.3 Å². The van der Waals surface area contributed by atoms with E-state index in [0.29, 0.717) is 12.0 Å². The molecule has 0 aromatic heterocycles. The maximum Gasteiger partial charge on any atom is 0.167 e. The molecule has 0 unspecified atom stereocenters. The van der Waals surface area contributed by atoms with Crippen molar-refractivity contribution in [3.05, 3.63) is 35.4 Å². The van der Waals surface area contributed by atoms with Gasteiger partial charge in [0.25, 0.3) is 0 Å². The molecule has 1 saturated carbocycles. The predicted molar refractivity (Wildman–Crippen MR) is 89.9 cm³/mol. The highest BCUT2D eigenvalue weighted by Crippen LogP contribution is 2.23. The van der Waals surface area contributed by atoms with Crippen molar-refractivity contribution in [2.75, 3.05) is 0 Å². The first-order valence-electron chi connectivity index (χ1n) is 7.76. The normalized spacial score (nSPS) is 16.0. The maximum atomic E-state index is 5.41. The summed E-state index contributed by atoms with van der Waals surface area (Å²) in [6.45, 7) is 6.68. The van der Waals surface area contributed by atoms with Crippen molar-refractivity contribution in [2.45, 2.75) is 58.5 Å². The minimum Gasteiger partial charge on any atom is -0.360 e. The first kappa shape index (κ1) is 15.3.